The van der Waals surface area contributed by atoms with Crippen molar-refractivity contribution in [2.24, 2.45) is 0 Å². The van der Waals surface area contributed by atoms with E-state index in [1.807, 2.05) is 6.07 Å². The molecule has 0 saturated carbocycles. The van der Waals surface area contributed by atoms with Crippen LogP contribution in [-0.4, -0.2) is 20.6 Å². The van der Waals surface area contributed by atoms with Crippen molar-refractivity contribution in [2.45, 2.75) is 11.5 Å². The van der Waals surface area contributed by atoms with Gasteiger partial charge in [-0.25, -0.2) is 8.42 Å². The highest BCUT2D eigenvalue weighted by Gasteiger charge is 2.20. The Labute approximate surface area is 137 Å². The van der Waals surface area contributed by atoms with E-state index in [2.05, 4.69) is 27.3 Å². The van der Waals surface area contributed by atoms with E-state index in [-0.39, 0.29) is 17.3 Å². The SMILES string of the molecule is COc1ccc(CO)cc1S(=O)(=O)Nc1cccc(I)c1. The van der Waals surface area contributed by atoms with Crippen LogP contribution in [0, 0.1) is 3.57 Å². The number of aliphatic hydroxyl groups is 1. The zero-order chi connectivity index (χ0) is 15.5. The summed E-state index contributed by atoms with van der Waals surface area (Å²) in [6, 6.07) is 11.6. The lowest BCUT2D eigenvalue weighted by Gasteiger charge is -2.12. The van der Waals surface area contributed by atoms with E-state index in [1.165, 1.54) is 19.2 Å². The van der Waals surface area contributed by atoms with E-state index in [0.717, 1.165) is 3.57 Å². The Morgan fingerprint density at radius 3 is 2.62 bits per heavy atom. The van der Waals surface area contributed by atoms with Gasteiger partial charge in [0.2, 0.25) is 0 Å². The Hall–Kier alpha value is -1.32. The second kappa shape index (κ2) is 6.63. The second-order valence-electron chi connectivity index (χ2n) is 4.26. The summed E-state index contributed by atoms with van der Waals surface area (Å²) in [4.78, 5) is -0.00425. The third-order valence-corrected chi connectivity index (χ3v) is 4.85. The van der Waals surface area contributed by atoms with Gasteiger partial charge in [0.05, 0.1) is 13.7 Å². The molecule has 0 fully saturated rings. The highest BCUT2D eigenvalue weighted by atomic mass is 127. The van der Waals surface area contributed by atoms with Gasteiger partial charge in [0.25, 0.3) is 10.0 Å². The number of rotatable bonds is 5. The summed E-state index contributed by atoms with van der Waals surface area (Å²) in [5.41, 5.74) is 0.970. The van der Waals surface area contributed by atoms with Gasteiger partial charge >= 0.3 is 0 Å². The van der Waals surface area contributed by atoms with E-state index in [4.69, 9.17) is 9.84 Å². The maximum Gasteiger partial charge on any atom is 0.265 e. The molecular weight excluding hydrogens is 405 g/mol. The van der Waals surface area contributed by atoms with Crippen LogP contribution in [0.25, 0.3) is 0 Å². The standard InChI is InChI=1S/C14H14INO4S/c1-20-13-6-5-10(9-17)7-14(13)21(18,19)16-12-4-2-3-11(15)8-12/h2-8,16-17H,9H2,1H3. The molecule has 0 bridgehead atoms. The van der Waals surface area contributed by atoms with Gasteiger partial charge in [0, 0.05) is 9.26 Å². The van der Waals surface area contributed by atoms with Crippen molar-refractivity contribution in [1.82, 2.24) is 0 Å². The molecule has 2 aromatic carbocycles. The number of hydrogen-bond donors (Lipinski definition) is 2. The molecule has 0 atom stereocenters. The molecule has 112 valence electrons. The van der Waals surface area contributed by atoms with E-state index in [0.29, 0.717) is 11.3 Å². The van der Waals surface area contributed by atoms with Crippen LogP contribution in [0.1, 0.15) is 5.56 Å². The molecule has 21 heavy (non-hydrogen) atoms. The van der Waals surface area contributed by atoms with Crippen molar-refractivity contribution >= 4 is 38.3 Å². The van der Waals surface area contributed by atoms with Gasteiger partial charge < -0.3 is 9.84 Å². The topological polar surface area (TPSA) is 75.6 Å². The van der Waals surface area contributed by atoms with E-state index >= 15 is 0 Å². The lowest BCUT2D eigenvalue weighted by atomic mass is 10.2. The molecule has 0 aliphatic heterocycles. The van der Waals surface area contributed by atoms with Gasteiger partial charge in [-0.2, -0.15) is 0 Å². The van der Waals surface area contributed by atoms with Crippen LogP contribution in [0.15, 0.2) is 47.4 Å². The predicted molar refractivity (Wildman–Crippen MR) is 88.9 cm³/mol. The van der Waals surface area contributed by atoms with Crippen LogP contribution in [0.3, 0.4) is 0 Å². The fourth-order valence-corrected chi connectivity index (χ4v) is 3.60. The minimum Gasteiger partial charge on any atom is -0.495 e. The molecule has 2 aromatic rings. The first-order chi connectivity index (χ1) is 9.96. The third-order valence-electron chi connectivity index (χ3n) is 2.78. The van der Waals surface area contributed by atoms with Crippen molar-refractivity contribution in [2.75, 3.05) is 11.8 Å². The number of hydrogen-bond acceptors (Lipinski definition) is 4. The van der Waals surface area contributed by atoms with Crippen molar-refractivity contribution in [3.63, 3.8) is 0 Å². The predicted octanol–water partition coefficient (Wildman–Crippen LogP) is 2.59. The minimum atomic E-state index is -3.79. The Kier molecular flexibility index (Phi) is 5.07. The molecule has 0 spiro atoms. The van der Waals surface area contributed by atoms with Crippen molar-refractivity contribution < 1.29 is 18.3 Å². The normalized spacial score (nSPS) is 11.2. The molecule has 2 N–H and O–H groups in total. The average molecular weight is 419 g/mol. The lowest BCUT2D eigenvalue weighted by Crippen LogP contribution is -2.14. The highest BCUT2D eigenvalue weighted by Crippen LogP contribution is 2.27. The van der Waals surface area contributed by atoms with Gasteiger partial charge in [-0.15, -0.1) is 0 Å². The van der Waals surface area contributed by atoms with Crippen LogP contribution < -0.4 is 9.46 Å². The van der Waals surface area contributed by atoms with Crippen LogP contribution in [0.2, 0.25) is 0 Å². The van der Waals surface area contributed by atoms with Gasteiger partial charge in [0.15, 0.2) is 0 Å². The van der Waals surface area contributed by atoms with Crippen molar-refractivity contribution in [3.8, 4) is 5.75 Å². The molecule has 0 aliphatic carbocycles. The Morgan fingerprint density at radius 2 is 2.00 bits per heavy atom. The number of sulfonamides is 1. The summed E-state index contributed by atoms with van der Waals surface area (Å²) in [5.74, 6) is 0.227. The number of aliphatic hydroxyl groups excluding tert-OH is 1. The molecular formula is C14H14INO4S. The van der Waals surface area contributed by atoms with Crippen molar-refractivity contribution in [3.05, 3.63) is 51.6 Å². The van der Waals surface area contributed by atoms with Gasteiger partial charge in [-0.1, -0.05) is 12.1 Å². The summed E-state index contributed by atoms with van der Waals surface area (Å²) in [7, 11) is -2.39. The number of nitrogens with one attached hydrogen (secondary N) is 1. The quantitative estimate of drug-likeness (QED) is 0.731. The van der Waals surface area contributed by atoms with Gasteiger partial charge in [-0.05, 0) is 58.5 Å². The molecule has 5 nitrogen and oxygen atoms in total. The van der Waals surface area contributed by atoms with Crippen LogP contribution >= 0.6 is 22.6 Å². The maximum atomic E-state index is 12.5. The first-order valence-electron chi connectivity index (χ1n) is 6.02. The number of halogens is 1. The lowest BCUT2D eigenvalue weighted by molar-refractivity contribution is 0.281. The van der Waals surface area contributed by atoms with Crippen LogP contribution in [0.4, 0.5) is 5.69 Å². The first-order valence-corrected chi connectivity index (χ1v) is 8.58. The third kappa shape index (κ3) is 3.86. The average Bonchev–Trinajstić information content (AvgIpc) is 2.46. The van der Waals surface area contributed by atoms with E-state index < -0.39 is 10.0 Å². The summed E-state index contributed by atoms with van der Waals surface area (Å²) in [6.07, 6.45) is 0. The minimum absolute atomic E-state index is 0.00425. The van der Waals surface area contributed by atoms with Crippen molar-refractivity contribution in [1.29, 1.82) is 0 Å². The van der Waals surface area contributed by atoms with E-state index in [9.17, 15) is 8.42 Å². The maximum absolute atomic E-state index is 12.5. The number of anilines is 1. The molecule has 0 unspecified atom stereocenters. The molecule has 0 saturated heterocycles. The Bertz CT molecular complexity index is 746. The molecule has 2 rings (SSSR count). The molecule has 0 heterocycles. The number of methoxy groups -OCH3 is 1. The summed E-state index contributed by atoms with van der Waals surface area (Å²) in [6.45, 7) is -0.240. The highest BCUT2D eigenvalue weighted by molar-refractivity contribution is 14.1. The fraction of sp³-hybridized carbons (Fsp3) is 0.143. The smallest absolute Gasteiger partial charge is 0.265 e. The summed E-state index contributed by atoms with van der Waals surface area (Å²) in [5, 5.41) is 9.16. The van der Waals surface area contributed by atoms with E-state index in [1.54, 1.807) is 24.3 Å². The molecule has 7 heteroatoms. The van der Waals surface area contributed by atoms with Gasteiger partial charge in [-0.3, -0.25) is 4.72 Å². The van der Waals surface area contributed by atoms with Gasteiger partial charge in [0.1, 0.15) is 10.6 Å². The van der Waals surface area contributed by atoms with Crippen LogP contribution in [-0.2, 0) is 16.6 Å². The zero-order valence-corrected chi connectivity index (χ0v) is 14.2. The fourth-order valence-electron chi connectivity index (χ4n) is 1.79. The molecule has 0 radical (unpaired) electrons. The monoisotopic (exact) mass is 419 g/mol. The zero-order valence-electron chi connectivity index (χ0n) is 11.2. The largest absolute Gasteiger partial charge is 0.495 e. The molecule has 0 aromatic heterocycles. The Balaban J connectivity index is 2.43. The first kappa shape index (κ1) is 16.1. The molecule has 0 aliphatic rings. The molecule has 0 amide bonds. The second-order valence-corrected chi connectivity index (χ2v) is 7.16. The summed E-state index contributed by atoms with van der Waals surface area (Å²) >= 11 is 2.10. The Morgan fingerprint density at radius 1 is 1.24 bits per heavy atom. The number of ether oxygens (including phenoxy) is 1. The van der Waals surface area contributed by atoms with Crippen LogP contribution in [0.5, 0.6) is 5.75 Å². The number of benzene rings is 2. The summed E-state index contributed by atoms with van der Waals surface area (Å²) < 4.78 is 33.5.